The van der Waals surface area contributed by atoms with Crippen molar-refractivity contribution in [2.75, 3.05) is 7.05 Å². The molecular formula is C23H33NO2. The second-order valence-corrected chi connectivity index (χ2v) is 10.3. The van der Waals surface area contributed by atoms with Crippen LogP contribution in [0.1, 0.15) is 58.8 Å². The molecule has 0 bridgehead atoms. The summed E-state index contributed by atoms with van der Waals surface area (Å²) in [7, 11) is 2.00. The van der Waals surface area contributed by atoms with Crippen LogP contribution in [0.15, 0.2) is 23.8 Å². The third-order valence-electron chi connectivity index (χ3n) is 8.99. The van der Waals surface area contributed by atoms with Crippen LogP contribution >= 0.6 is 0 Å². The van der Waals surface area contributed by atoms with Gasteiger partial charge < -0.3 is 10.0 Å². The summed E-state index contributed by atoms with van der Waals surface area (Å²) in [5.74, 6) is 2.81. The maximum absolute atomic E-state index is 12.5. The van der Waals surface area contributed by atoms with E-state index in [0.717, 1.165) is 25.2 Å². The number of hydrogen-bond acceptors (Lipinski definition) is 2. The van der Waals surface area contributed by atoms with Gasteiger partial charge in [-0.15, -0.1) is 0 Å². The van der Waals surface area contributed by atoms with Gasteiger partial charge in [-0.3, -0.25) is 4.79 Å². The SMILES string of the molecule is CN1C(=O)C=C[C@]2(C)[C@H]3CC[C@]4(C)[C@@H](O)CC[C@H]4[C@@H]3CC(=CC3CC3)[C@@H]12. The summed E-state index contributed by atoms with van der Waals surface area (Å²) < 4.78 is 0. The highest BCUT2D eigenvalue weighted by Gasteiger charge is 2.61. The van der Waals surface area contributed by atoms with Gasteiger partial charge >= 0.3 is 0 Å². The van der Waals surface area contributed by atoms with Crippen molar-refractivity contribution >= 4 is 5.91 Å². The number of likely N-dealkylation sites (N-methyl/N-ethyl adjacent to an activating group) is 1. The lowest BCUT2D eigenvalue weighted by Gasteiger charge is -2.60. The molecule has 3 nitrogen and oxygen atoms in total. The maximum Gasteiger partial charge on any atom is 0.246 e. The van der Waals surface area contributed by atoms with Crippen molar-refractivity contribution in [3.63, 3.8) is 0 Å². The molecule has 0 aromatic carbocycles. The second-order valence-electron chi connectivity index (χ2n) is 10.3. The number of carbonyl (C=O) groups excluding carboxylic acids is 1. The Morgan fingerprint density at radius 2 is 1.92 bits per heavy atom. The first-order chi connectivity index (χ1) is 12.3. The van der Waals surface area contributed by atoms with Gasteiger partial charge in [0.1, 0.15) is 0 Å². The number of nitrogens with zero attached hydrogens (tertiary/aromatic N) is 1. The lowest BCUT2D eigenvalue weighted by atomic mass is 9.47. The number of amides is 1. The molecule has 142 valence electrons. The van der Waals surface area contributed by atoms with Crippen molar-refractivity contribution in [2.24, 2.45) is 34.5 Å². The molecule has 0 radical (unpaired) electrons. The predicted octanol–water partition coefficient (Wildman–Crippen LogP) is 3.93. The van der Waals surface area contributed by atoms with E-state index in [1.165, 1.54) is 31.3 Å². The van der Waals surface area contributed by atoms with E-state index in [-0.39, 0.29) is 28.9 Å². The summed E-state index contributed by atoms with van der Waals surface area (Å²) in [6.45, 7) is 4.75. The van der Waals surface area contributed by atoms with Crippen molar-refractivity contribution in [3.05, 3.63) is 23.8 Å². The number of hydrogen-bond donors (Lipinski definition) is 1. The van der Waals surface area contributed by atoms with Gasteiger partial charge in [-0.1, -0.05) is 31.6 Å². The number of aliphatic hydroxyl groups excluding tert-OH is 1. The van der Waals surface area contributed by atoms with Crippen molar-refractivity contribution in [3.8, 4) is 0 Å². The van der Waals surface area contributed by atoms with Crippen LogP contribution in [0.5, 0.6) is 0 Å². The van der Waals surface area contributed by atoms with E-state index < -0.39 is 0 Å². The van der Waals surface area contributed by atoms with E-state index in [9.17, 15) is 9.90 Å². The Bertz CT molecular complexity index is 692. The lowest BCUT2D eigenvalue weighted by molar-refractivity contribution is -0.135. The van der Waals surface area contributed by atoms with Crippen LogP contribution in [0.2, 0.25) is 0 Å². The lowest BCUT2D eigenvalue weighted by Crippen LogP contribution is -2.60. The van der Waals surface area contributed by atoms with E-state index in [0.29, 0.717) is 17.8 Å². The van der Waals surface area contributed by atoms with Crippen LogP contribution in [0.25, 0.3) is 0 Å². The molecule has 4 aliphatic carbocycles. The van der Waals surface area contributed by atoms with E-state index >= 15 is 0 Å². The Morgan fingerprint density at radius 3 is 2.65 bits per heavy atom. The van der Waals surface area contributed by atoms with Crippen LogP contribution in [0.3, 0.4) is 0 Å². The fraction of sp³-hybridized carbons (Fsp3) is 0.783. The fourth-order valence-corrected chi connectivity index (χ4v) is 7.40. The average Bonchev–Trinajstić information content (AvgIpc) is 3.36. The molecule has 26 heavy (non-hydrogen) atoms. The average molecular weight is 356 g/mol. The molecule has 5 rings (SSSR count). The van der Waals surface area contributed by atoms with Crippen LogP contribution < -0.4 is 0 Å². The smallest absolute Gasteiger partial charge is 0.246 e. The normalized spacial score (nSPS) is 52.0. The molecule has 0 unspecified atom stereocenters. The van der Waals surface area contributed by atoms with Crippen LogP contribution in [0.4, 0.5) is 0 Å². The first-order valence-electron chi connectivity index (χ1n) is 10.7. The van der Waals surface area contributed by atoms with E-state index in [2.05, 4.69) is 26.0 Å². The Kier molecular flexibility index (Phi) is 3.58. The van der Waals surface area contributed by atoms with Gasteiger partial charge in [0.25, 0.3) is 0 Å². The quantitative estimate of drug-likeness (QED) is 0.724. The molecule has 1 N–H and O–H groups in total. The van der Waals surface area contributed by atoms with Crippen molar-refractivity contribution in [1.82, 2.24) is 4.90 Å². The third-order valence-corrected chi connectivity index (χ3v) is 8.99. The molecule has 7 atom stereocenters. The van der Waals surface area contributed by atoms with E-state index in [1.54, 1.807) is 0 Å². The zero-order valence-electron chi connectivity index (χ0n) is 16.4. The van der Waals surface area contributed by atoms with Gasteiger partial charge in [0.05, 0.1) is 12.1 Å². The Balaban J connectivity index is 1.59. The molecule has 5 aliphatic rings. The Morgan fingerprint density at radius 1 is 1.15 bits per heavy atom. The highest BCUT2D eigenvalue weighted by Crippen LogP contribution is 2.65. The highest BCUT2D eigenvalue weighted by atomic mass is 16.3. The molecule has 0 spiro atoms. The first-order valence-corrected chi connectivity index (χ1v) is 10.7. The summed E-state index contributed by atoms with van der Waals surface area (Å²) in [6, 6.07) is 0.234. The third kappa shape index (κ3) is 2.19. The number of rotatable bonds is 1. The zero-order valence-corrected chi connectivity index (χ0v) is 16.4. The minimum atomic E-state index is -0.124. The van der Waals surface area contributed by atoms with Crippen molar-refractivity contribution in [1.29, 1.82) is 0 Å². The maximum atomic E-state index is 12.5. The molecule has 0 saturated heterocycles. The molecule has 0 aromatic heterocycles. The minimum Gasteiger partial charge on any atom is -0.393 e. The fourth-order valence-electron chi connectivity index (χ4n) is 7.40. The Labute approximate surface area is 157 Å². The van der Waals surface area contributed by atoms with Crippen LogP contribution in [-0.4, -0.2) is 35.1 Å². The van der Waals surface area contributed by atoms with Gasteiger partial charge in [-0.25, -0.2) is 0 Å². The van der Waals surface area contributed by atoms with Crippen molar-refractivity contribution < 1.29 is 9.90 Å². The van der Waals surface area contributed by atoms with Gasteiger partial charge in [0.15, 0.2) is 0 Å². The highest BCUT2D eigenvalue weighted by molar-refractivity contribution is 5.89. The van der Waals surface area contributed by atoms with Gasteiger partial charge in [-0.05, 0) is 80.1 Å². The summed E-state index contributed by atoms with van der Waals surface area (Å²) in [6.07, 6.45) is 14.7. The molecular weight excluding hydrogens is 322 g/mol. The molecule has 3 heteroatoms. The molecule has 1 amide bonds. The molecule has 1 aliphatic heterocycles. The zero-order chi connectivity index (χ0) is 18.3. The number of carbonyl (C=O) groups is 1. The standard InChI is InChI=1S/C23H33NO2/c1-22-10-8-18-16(17(22)6-7-19(22)25)13-15(12-14-4-5-14)21-23(18,2)11-9-20(26)24(21)3/h9,11-12,14,16-19,21,25H,4-8,10,13H2,1-3H3/t16-,17-,18-,19-,21+,22-,23+/m0/s1. The Hall–Kier alpha value is -1.09. The summed E-state index contributed by atoms with van der Waals surface area (Å²) >= 11 is 0. The molecule has 0 aromatic rings. The molecule has 4 saturated carbocycles. The first kappa shape index (κ1) is 17.0. The van der Waals surface area contributed by atoms with Gasteiger partial charge in [0.2, 0.25) is 5.91 Å². The summed E-state index contributed by atoms with van der Waals surface area (Å²) in [5, 5.41) is 10.7. The van der Waals surface area contributed by atoms with Gasteiger partial charge in [-0.2, -0.15) is 0 Å². The van der Waals surface area contributed by atoms with Crippen LogP contribution in [-0.2, 0) is 4.79 Å². The molecule has 1 heterocycles. The number of fused-ring (bicyclic) bond motifs is 5. The van der Waals surface area contributed by atoms with Gasteiger partial charge in [0, 0.05) is 12.5 Å². The van der Waals surface area contributed by atoms with E-state index in [1.807, 2.05) is 18.0 Å². The predicted molar refractivity (Wildman–Crippen MR) is 102 cm³/mol. The second kappa shape index (κ2) is 5.47. The topological polar surface area (TPSA) is 40.5 Å². The minimum absolute atomic E-state index is 0.0428. The summed E-state index contributed by atoms with van der Waals surface area (Å²) in [4.78, 5) is 14.5. The largest absolute Gasteiger partial charge is 0.393 e. The number of aliphatic hydroxyl groups is 1. The van der Waals surface area contributed by atoms with E-state index in [4.69, 9.17) is 0 Å². The summed E-state index contributed by atoms with van der Waals surface area (Å²) in [5.41, 5.74) is 1.66. The number of allylic oxidation sites excluding steroid dienone is 1. The monoisotopic (exact) mass is 355 g/mol. The van der Waals surface area contributed by atoms with Crippen LogP contribution in [0, 0.1) is 34.5 Å². The molecule has 4 fully saturated rings. The van der Waals surface area contributed by atoms with Crippen molar-refractivity contribution in [2.45, 2.75) is 70.9 Å².